The summed E-state index contributed by atoms with van der Waals surface area (Å²) in [6.07, 6.45) is 3.06. The van der Waals surface area contributed by atoms with Crippen LogP contribution in [0.25, 0.3) is 0 Å². The van der Waals surface area contributed by atoms with Gasteiger partial charge in [0.2, 0.25) is 0 Å². The van der Waals surface area contributed by atoms with Gasteiger partial charge in [-0.25, -0.2) is 15.6 Å². The van der Waals surface area contributed by atoms with E-state index in [-0.39, 0.29) is 12.0 Å². The van der Waals surface area contributed by atoms with Crippen LogP contribution in [0.3, 0.4) is 0 Å². The van der Waals surface area contributed by atoms with Crippen LogP contribution in [0.1, 0.15) is 46.5 Å². The third-order valence-electron chi connectivity index (χ3n) is 3.05. The van der Waals surface area contributed by atoms with Crippen molar-refractivity contribution in [1.29, 1.82) is 0 Å². The van der Waals surface area contributed by atoms with Crippen LogP contribution >= 0.6 is 12.2 Å². The molecular weight excluding hydrogens is 250 g/mol. The second-order valence-electron chi connectivity index (χ2n) is 5.81. The molecule has 5 nitrogen and oxygen atoms in total. The first kappa shape index (κ1) is 15.2. The van der Waals surface area contributed by atoms with Gasteiger partial charge in [0.15, 0.2) is 0 Å². The van der Waals surface area contributed by atoms with E-state index in [4.69, 9.17) is 28.5 Å². The first-order valence-electron chi connectivity index (χ1n) is 6.27. The van der Waals surface area contributed by atoms with Crippen LogP contribution < -0.4 is 11.6 Å². The minimum atomic E-state index is -0.536. The standard InChI is InChI=1S/C12H23N3O2S/c1-12(2,3)17-11(16)15(14)9-6-4-5-8(7-9)10(13)18/h8-9H,4-7,14H2,1-3H3,(H2,13,18)/t8-,9?/m0/s1. The monoisotopic (exact) mass is 273 g/mol. The molecule has 2 atom stereocenters. The summed E-state index contributed by atoms with van der Waals surface area (Å²) in [6.45, 7) is 5.45. The van der Waals surface area contributed by atoms with Gasteiger partial charge < -0.3 is 10.5 Å². The fourth-order valence-corrected chi connectivity index (χ4v) is 2.35. The maximum absolute atomic E-state index is 11.8. The minimum Gasteiger partial charge on any atom is -0.443 e. The van der Waals surface area contributed by atoms with Gasteiger partial charge in [-0.15, -0.1) is 0 Å². The van der Waals surface area contributed by atoms with Crippen molar-refractivity contribution in [1.82, 2.24) is 5.01 Å². The summed E-state index contributed by atoms with van der Waals surface area (Å²) in [5, 5.41) is 1.19. The van der Waals surface area contributed by atoms with Gasteiger partial charge in [-0.2, -0.15) is 0 Å². The first-order valence-corrected chi connectivity index (χ1v) is 6.68. The Morgan fingerprint density at radius 3 is 2.50 bits per heavy atom. The maximum Gasteiger partial charge on any atom is 0.424 e. The molecule has 6 heteroatoms. The van der Waals surface area contributed by atoms with Gasteiger partial charge in [0, 0.05) is 5.92 Å². The Hall–Kier alpha value is -0.880. The Bertz CT molecular complexity index is 328. The van der Waals surface area contributed by atoms with Crippen LogP contribution in [0.5, 0.6) is 0 Å². The Labute approximate surface area is 114 Å². The molecule has 1 aliphatic carbocycles. The molecule has 1 rings (SSSR count). The van der Waals surface area contributed by atoms with Crippen molar-refractivity contribution in [3.05, 3.63) is 0 Å². The van der Waals surface area contributed by atoms with Gasteiger partial charge in [0.05, 0.1) is 11.0 Å². The highest BCUT2D eigenvalue weighted by Crippen LogP contribution is 2.27. The number of nitrogens with zero attached hydrogens (tertiary/aromatic N) is 1. The number of carbonyl (C=O) groups is 1. The predicted octanol–water partition coefficient (Wildman–Crippen LogP) is 1.94. The van der Waals surface area contributed by atoms with Gasteiger partial charge in [0.25, 0.3) is 0 Å². The molecule has 0 radical (unpaired) electrons. The van der Waals surface area contributed by atoms with Gasteiger partial charge in [-0.3, -0.25) is 0 Å². The zero-order valence-corrected chi connectivity index (χ0v) is 12.1. The van der Waals surface area contributed by atoms with Crippen LogP contribution in [-0.2, 0) is 4.74 Å². The largest absolute Gasteiger partial charge is 0.443 e. The molecule has 0 aromatic carbocycles. The lowest BCUT2D eigenvalue weighted by Gasteiger charge is -2.35. The number of thiocarbonyl (C=S) groups is 1. The number of carbonyl (C=O) groups excluding carboxylic acids is 1. The zero-order valence-electron chi connectivity index (χ0n) is 11.3. The van der Waals surface area contributed by atoms with E-state index >= 15 is 0 Å². The summed E-state index contributed by atoms with van der Waals surface area (Å²) in [4.78, 5) is 12.4. The zero-order chi connectivity index (χ0) is 13.9. The molecule has 1 aliphatic rings. The van der Waals surface area contributed by atoms with E-state index in [0.29, 0.717) is 4.99 Å². The van der Waals surface area contributed by atoms with Crippen LogP contribution in [0.2, 0.25) is 0 Å². The van der Waals surface area contributed by atoms with E-state index in [1.165, 1.54) is 5.01 Å². The molecule has 1 saturated carbocycles. The number of nitrogens with two attached hydrogens (primary N) is 2. The molecule has 0 aromatic rings. The van der Waals surface area contributed by atoms with Crippen molar-refractivity contribution in [3.8, 4) is 0 Å². The second kappa shape index (κ2) is 5.84. The van der Waals surface area contributed by atoms with Crippen molar-refractivity contribution in [3.63, 3.8) is 0 Å². The summed E-state index contributed by atoms with van der Waals surface area (Å²) in [7, 11) is 0. The Morgan fingerprint density at radius 2 is 2.00 bits per heavy atom. The highest BCUT2D eigenvalue weighted by molar-refractivity contribution is 7.80. The van der Waals surface area contributed by atoms with Crippen LogP contribution in [-0.4, -0.2) is 27.7 Å². The molecule has 104 valence electrons. The normalized spacial score (nSPS) is 24.4. The average molecular weight is 273 g/mol. The van der Waals surface area contributed by atoms with Crippen LogP contribution in [0.4, 0.5) is 4.79 Å². The fraction of sp³-hybridized carbons (Fsp3) is 0.833. The summed E-state index contributed by atoms with van der Waals surface area (Å²) in [5.74, 6) is 6.01. The molecule has 1 fully saturated rings. The van der Waals surface area contributed by atoms with E-state index in [1.807, 2.05) is 20.8 Å². The topological polar surface area (TPSA) is 81.6 Å². The van der Waals surface area contributed by atoms with Crippen molar-refractivity contribution >= 4 is 23.3 Å². The van der Waals surface area contributed by atoms with Crippen LogP contribution in [0.15, 0.2) is 0 Å². The fourth-order valence-electron chi connectivity index (χ4n) is 2.14. The van der Waals surface area contributed by atoms with E-state index in [0.717, 1.165) is 25.7 Å². The maximum atomic E-state index is 11.8. The molecule has 4 N–H and O–H groups in total. The average Bonchev–Trinajstić information content (AvgIpc) is 2.26. The summed E-state index contributed by atoms with van der Waals surface area (Å²) >= 11 is 5.01. The van der Waals surface area contributed by atoms with Crippen molar-refractivity contribution in [2.75, 3.05) is 0 Å². The van der Waals surface area contributed by atoms with E-state index in [9.17, 15) is 4.79 Å². The van der Waals surface area contributed by atoms with E-state index < -0.39 is 11.7 Å². The summed E-state index contributed by atoms with van der Waals surface area (Å²) in [6, 6.07) is -0.0416. The Balaban J connectivity index is 2.58. The van der Waals surface area contributed by atoms with Crippen LogP contribution in [0, 0.1) is 5.92 Å². The van der Waals surface area contributed by atoms with Gasteiger partial charge in [-0.05, 0) is 40.0 Å². The van der Waals surface area contributed by atoms with Crippen molar-refractivity contribution in [2.24, 2.45) is 17.5 Å². The van der Waals surface area contributed by atoms with E-state index in [2.05, 4.69) is 0 Å². The number of hydrogen-bond donors (Lipinski definition) is 2. The highest BCUT2D eigenvalue weighted by atomic mass is 32.1. The van der Waals surface area contributed by atoms with Gasteiger partial charge in [0.1, 0.15) is 5.60 Å². The molecule has 0 heterocycles. The molecule has 18 heavy (non-hydrogen) atoms. The van der Waals surface area contributed by atoms with Crippen molar-refractivity contribution < 1.29 is 9.53 Å². The SMILES string of the molecule is CC(C)(C)OC(=O)N(N)C1CCC[C@H](C(N)=S)C1. The Kier molecular flexibility index (Phi) is 4.92. The third-order valence-corrected chi connectivity index (χ3v) is 3.38. The highest BCUT2D eigenvalue weighted by Gasteiger charge is 2.31. The molecule has 0 spiro atoms. The summed E-state index contributed by atoms with van der Waals surface area (Å²) in [5.41, 5.74) is 5.13. The number of amides is 1. The number of rotatable bonds is 2. The number of hydrazine groups is 1. The van der Waals surface area contributed by atoms with E-state index in [1.54, 1.807) is 0 Å². The van der Waals surface area contributed by atoms with Crippen molar-refractivity contribution in [2.45, 2.75) is 58.1 Å². The molecule has 0 aromatic heterocycles. The molecule has 1 amide bonds. The smallest absolute Gasteiger partial charge is 0.424 e. The summed E-state index contributed by atoms with van der Waals surface area (Å²) < 4.78 is 5.25. The Morgan fingerprint density at radius 1 is 1.39 bits per heavy atom. The molecule has 1 unspecified atom stereocenters. The second-order valence-corrected chi connectivity index (χ2v) is 6.28. The first-order chi connectivity index (χ1) is 8.20. The quantitative estimate of drug-likeness (QED) is 0.348. The van der Waals surface area contributed by atoms with Gasteiger partial charge in [-0.1, -0.05) is 18.6 Å². The van der Waals surface area contributed by atoms with Gasteiger partial charge >= 0.3 is 6.09 Å². The lowest BCUT2D eigenvalue weighted by molar-refractivity contribution is 0.0106. The molecule has 0 saturated heterocycles. The lowest BCUT2D eigenvalue weighted by Crippen LogP contribution is -2.50. The molecular formula is C12H23N3O2S. The lowest BCUT2D eigenvalue weighted by atomic mass is 9.85. The minimum absolute atomic E-state index is 0.0416. The molecule has 0 bridgehead atoms. The number of hydrogen-bond acceptors (Lipinski definition) is 4. The number of ether oxygens (including phenoxy) is 1. The molecule has 0 aliphatic heterocycles. The third kappa shape index (κ3) is 4.42. The predicted molar refractivity (Wildman–Crippen MR) is 74.8 cm³/mol.